The van der Waals surface area contributed by atoms with Gasteiger partial charge in [0, 0.05) is 6.42 Å². The van der Waals surface area contributed by atoms with E-state index < -0.39 is 32.2 Å². The summed E-state index contributed by atoms with van der Waals surface area (Å²) in [6.45, 7) is 0. The molecule has 10 heteroatoms. The third-order valence-corrected chi connectivity index (χ3v) is 4.25. The van der Waals surface area contributed by atoms with E-state index in [1.807, 2.05) is 0 Å². The number of aliphatic carboxylic acids is 2. The van der Waals surface area contributed by atoms with Crippen molar-refractivity contribution in [2.45, 2.75) is 18.9 Å². The number of nitrogen functional groups attached to an aromatic ring is 1. The molecule has 0 unspecified atom stereocenters. The normalized spacial score (nSPS) is 12.0. The van der Waals surface area contributed by atoms with Crippen LogP contribution < -0.4 is 15.8 Å². The van der Waals surface area contributed by atoms with Gasteiger partial charge in [-0.05, 0) is 6.42 Å². The molecule has 0 aliphatic carbocycles. The van der Waals surface area contributed by atoms with Gasteiger partial charge in [-0.2, -0.15) is 0 Å². The standard InChI is InChI=1S/C6H8AsNO3.C5H9NO4/c8-6-3-1-5(2-4-6)7(9,10)11;6-3(5(9)10)1-2-4(7)8/h1-4H,8H2,(H2,9,10,11);3H,1-2,6H2,(H,7,8)(H,9,10)/t;3-/m.0/s1. The number of rotatable bonds is 5. The maximum absolute atomic E-state index is 10.7. The van der Waals surface area contributed by atoms with Gasteiger partial charge in [0.2, 0.25) is 0 Å². The SMILES string of the molecule is N[C@@H](CCC(=O)O)C(=O)O.Nc1ccc([As](=O)(O)O)cc1. The van der Waals surface area contributed by atoms with E-state index in [4.69, 9.17) is 29.9 Å². The van der Waals surface area contributed by atoms with E-state index in [0.29, 0.717) is 5.69 Å². The van der Waals surface area contributed by atoms with Gasteiger partial charge < -0.3 is 15.9 Å². The molecule has 9 nitrogen and oxygen atoms in total. The Kier molecular flexibility index (Phi) is 7.75. The number of benzene rings is 1. The van der Waals surface area contributed by atoms with Crippen LogP contribution in [0.25, 0.3) is 0 Å². The molecule has 0 heterocycles. The van der Waals surface area contributed by atoms with Crippen LogP contribution in [-0.4, -0.2) is 50.6 Å². The van der Waals surface area contributed by atoms with Crippen molar-refractivity contribution in [2.24, 2.45) is 5.73 Å². The average molecular weight is 364 g/mol. The molecule has 1 rings (SSSR count). The Bertz CT molecular complexity index is 526. The molecule has 0 aliphatic heterocycles. The summed E-state index contributed by atoms with van der Waals surface area (Å²) in [6, 6.07) is 4.56. The molecule has 0 saturated carbocycles. The first kappa shape index (κ1) is 19.2. The second-order valence-electron chi connectivity index (χ2n) is 4.01. The molecule has 118 valence electrons. The summed E-state index contributed by atoms with van der Waals surface area (Å²) in [5.74, 6) is -2.20. The van der Waals surface area contributed by atoms with E-state index in [0.717, 1.165) is 0 Å². The van der Waals surface area contributed by atoms with Gasteiger partial charge in [0.25, 0.3) is 0 Å². The first-order valence-corrected chi connectivity index (χ1v) is 9.04. The van der Waals surface area contributed by atoms with E-state index in [9.17, 15) is 13.3 Å². The summed E-state index contributed by atoms with van der Waals surface area (Å²) in [5, 5.41) is 16.3. The molecule has 0 bridgehead atoms. The van der Waals surface area contributed by atoms with Gasteiger partial charge in [-0.15, -0.1) is 0 Å². The maximum atomic E-state index is 10.7. The summed E-state index contributed by atoms with van der Waals surface area (Å²) in [7, 11) is 0. The third-order valence-electron chi connectivity index (χ3n) is 2.22. The second-order valence-corrected chi connectivity index (χ2v) is 7.38. The predicted octanol–water partition coefficient (Wildman–Crippen LogP) is -1.91. The van der Waals surface area contributed by atoms with Gasteiger partial charge in [-0.3, -0.25) is 9.59 Å². The Morgan fingerprint density at radius 3 is 1.95 bits per heavy atom. The number of carboxylic acid groups (broad SMARTS) is 2. The van der Waals surface area contributed by atoms with Crippen molar-refractivity contribution in [1.82, 2.24) is 0 Å². The molecule has 0 spiro atoms. The molecule has 0 amide bonds. The van der Waals surface area contributed by atoms with Crippen molar-refractivity contribution in [3.63, 3.8) is 0 Å². The van der Waals surface area contributed by atoms with Crippen molar-refractivity contribution in [3.05, 3.63) is 24.3 Å². The molecule has 1 aromatic carbocycles. The summed E-state index contributed by atoms with van der Waals surface area (Å²) < 4.78 is 28.1. The minimum atomic E-state index is -4.68. The fourth-order valence-corrected chi connectivity index (χ4v) is 2.20. The number of hydrogen-bond acceptors (Lipinski definition) is 5. The molecular formula is C11H17AsN2O7. The van der Waals surface area contributed by atoms with Crippen molar-refractivity contribution in [3.8, 4) is 0 Å². The third kappa shape index (κ3) is 8.87. The van der Waals surface area contributed by atoms with Crippen LogP contribution in [0.4, 0.5) is 5.69 Å². The average Bonchev–Trinajstić information content (AvgIpc) is 2.35. The Balaban J connectivity index is 0.000000384. The summed E-state index contributed by atoms with van der Waals surface area (Å²) >= 11 is -4.68. The Morgan fingerprint density at radius 2 is 1.62 bits per heavy atom. The topological polar surface area (TPSA) is 184 Å². The Morgan fingerprint density at radius 1 is 1.14 bits per heavy atom. The molecule has 21 heavy (non-hydrogen) atoms. The Labute approximate surface area is 123 Å². The van der Waals surface area contributed by atoms with Gasteiger partial charge in [-0.1, -0.05) is 0 Å². The molecule has 0 aliphatic rings. The molecule has 8 N–H and O–H groups in total. The molecular weight excluding hydrogens is 347 g/mol. The molecule has 1 aromatic rings. The van der Waals surface area contributed by atoms with Crippen molar-refractivity contribution in [1.29, 1.82) is 0 Å². The summed E-state index contributed by atoms with van der Waals surface area (Å²) in [4.78, 5) is 19.9. The van der Waals surface area contributed by atoms with Crippen LogP contribution in [-0.2, 0) is 13.3 Å². The van der Waals surface area contributed by atoms with Crippen LogP contribution in [0.3, 0.4) is 0 Å². The van der Waals surface area contributed by atoms with Crippen molar-refractivity contribution in [2.75, 3.05) is 5.73 Å². The molecule has 0 fully saturated rings. The van der Waals surface area contributed by atoms with Crippen LogP contribution in [0.2, 0.25) is 0 Å². The molecule has 0 radical (unpaired) electrons. The predicted molar refractivity (Wildman–Crippen MR) is 73.8 cm³/mol. The quantitative estimate of drug-likeness (QED) is 0.256. The van der Waals surface area contributed by atoms with E-state index in [2.05, 4.69) is 0 Å². The number of nitrogens with two attached hydrogens (primary N) is 2. The minimum absolute atomic E-state index is 0.0231. The van der Waals surface area contributed by atoms with Gasteiger partial charge in [0.15, 0.2) is 0 Å². The van der Waals surface area contributed by atoms with Crippen LogP contribution >= 0.6 is 0 Å². The number of carbonyl (C=O) groups is 2. The monoisotopic (exact) mass is 364 g/mol. The van der Waals surface area contributed by atoms with E-state index in [-0.39, 0.29) is 17.2 Å². The van der Waals surface area contributed by atoms with E-state index in [1.165, 1.54) is 24.3 Å². The van der Waals surface area contributed by atoms with Crippen LogP contribution in [0.15, 0.2) is 24.3 Å². The van der Waals surface area contributed by atoms with Crippen molar-refractivity contribution < 1.29 is 31.7 Å². The van der Waals surface area contributed by atoms with Gasteiger partial charge >= 0.3 is 78.1 Å². The fraction of sp³-hybridized carbons (Fsp3) is 0.273. The zero-order chi connectivity index (χ0) is 16.6. The van der Waals surface area contributed by atoms with E-state index >= 15 is 0 Å². The summed E-state index contributed by atoms with van der Waals surface area (Å²) in [6.07, 6.45) is -0.224. The van der Waals surface area contributed by atoms with Gasteiger partial charge in [-0.25, -0.2) is 0 Å². The first-order valence-electron chi connectivity index (χ1n) is 5.66. The van der Waals surface area contributed by atoms with Gasteiger partial charge in [0.1, 0.15) is 6.04 Å². The summed E-state index contributed by atoms with van der Waals surface area (Å²) in [5.41, 5.74) is 10.8. The van der Waals surface area contributed by atoms with Crippen LogP contribution in [0.1, 0.15) is 12.8 Å². The van der Waals surface area contributed by atoms with Gasteiger partial charge in [0.05, 0.1) is 0 Å². The first-order chi connectivity index (χ1) is 9.54. The Hall–Kier alpha value is -1.80. The van der Waals surface area contributed by atoms with E-state index in [1.54, 1.807) is 0 Å². The number of carboxylic acids is 2. The molecule has 0 saturated heterocycles. The fourth-order valence-electron chi connectivity index (χ4n) is 1.07. The number of hydrogen-bond donors (Lipinski definition) is 6. The van der Waals surface area contributed by atoms with Crippen molar-refractivity contribution >= 4 is 36.1 Å². The molecule has 1 atom stereocenters. The zero-order valence-electron chi connectivity index (χ0n) is 10.9. The molecule has 0 aromatic heterocycles. The number of anilines is 1. The van der Waals surface area contributed by atoms with Crippen LogP contribution in [0, 0.1) is 0 Å². The zero-order valence-corrected chi connectivity index (χ0v) is 12.8. The van der Waals surface area contributed by atoms with Crippen LogP contribution in [0.5, 0.6) is 0 Å². The second kappa shape index (κ2) is 8.48.